The van der Waals surface area contributed by atoms with E-state index in [9.17, 15) is 0 Å². The van der Waals surface area contributed by atoms with E-state index in [1.807, 2.05) is 13.0 Å². The Hall–Kier alpha value is -1.42. The van der Waals surface area contributed by atoms with Crippen molar-refractivity contribution in [3.63, 3.8) is 0 Å². The van der Waals surface area contributed by atoms with Crippen LogP contribution in [0.1, 0.15) is 20.8 Å². The standard InChI is InChI=1S/C16H29N3O/c1-6-20-16-11-14(7-8-15(16)17)19(12-13(2)3)10-9-18(4)5/h7-8,11,13H,6,9-10,12,17H2,1-5H3. The summed E-state index contributed by atoms with van der Waals surface area (Å²) in [5.41, 5.74) is 7.83. The van der Waals surface area contributed by atoms with E-state index >= 15 is 0 Å². The minimum Gasteiger partial charge on any atom is -0.492 e. The molecule has 20 heavy (non-hydrogen) atoms. The third-order valence-electron chi connectivity index (χ3n) is 3.06. The Morgan fingerprint density at radius 3 is 2.45 bits per heavy atom. The SMILES string of the molecule is CCOc1cc(N(CCN(C)C)CC(C)C)ccc1N. The van der Waals surface area contributed by atoms with Gasteiger partial charge in [-0.05, 0) is 39.1 Å². The molecule has 0 aromatic heterocycles. The molecule has 0 spiro atoms. The molecule has 4 heteroatoms. The molecule has 114 valence electrons. The Morgan fingerprint density at radius 1 is 1.20 bits per heavy atom. The fourth-order valence-electron chi connectivity index (χ4n) is 2.09. The molecule has 0 fully saturated rings. The number of likely N-dealkylation sites (N-methyl/N-ethyl adjacent to an activating group) is 1. The van der Waals surface area contributed by atoms with Gasteiger partial charge in [-0.2, -0.15) is 0 Å². The number of anilines is 2. The summed E-state index contributed by atoms with van der Waals surface area (Å²) in [6.07, 6.45) is 0. The van der Waals surface area contributed by atoms with E-state index in [1.165, 1.54) is 5.69 Å². The van der Waals surface area contributed by atoms with Crippen molar-refractivity contribution in [3.8, 4) is 5.75 Å². The summed E-state index contributed by atoms with van der Waals surface area (Å²) < 4.78 is 5.60. The highest BCUT2D eigenvalue weighted by Crippen LogP contribution is 2.28. The molecule has 0 heterocycles. The topological polar surface area (TPSA) is 41.7 Å². The largest absolute Gasteiger partial charge is 0.492 e. The Balaban J connectivity index is 2.90. The van der Waals surface area contributed by atoms with Crippen LogP contribution in [0.25, 0.3) is 0 Å². The average Bonchev–Trinajstić information content (AvgIpc) is 2.37. The van der Waals surface area contributed by atoms with Crippen molar-refractivity contribution < 1.29 is 4.74 Å². The Kier molecular flexibility index (Phi) is 6.65. The number of nitrogens with two attached hydrogens (primary N) is 1. The van der Waals surface area contributed by atoms with Crippen molar-refractivity contribution in [3.05, 3.63) is 18.2 Å². The summed E-state index contributed by atoms with van der Waals surface area (Å²) in [6.45, 7) is 10.2. The molecule has 0 saturated heterocycles. The third kappa shape index (κ3) is 5.29. The van der Waals surface area contributed by atoms with E-state index in [0.717, 1.165) is 25.4 Å². The minimum atomic E-state index is 0.616. The van der Waals surface area contributed by atoms with Crippen LogP contribution < -0.4 is 15.4 Å². The highest BCUT2D eigenvalue weighted by molar-refractivity contribution is 5.62. The maximum atomic E-state index is 5.95. The van der Waals surface area contributed by atoms with Crippen LogP contribution in [0, 0.1) is 5.92 Å². The van der Waals surface area contributed by atoms with Gasteiger partial charge in [0.15, 0.2) is 0 Å². The third-order valence-corrected chi connectivity index (χ3v) is 3.06. The van der Waals surface area contributed by atoms with Gasteiger partial charge in [0.05, 0.1) is 12.3 Å². The van der Waals surface area contributed by atoms with Crippen LogP contribution in [0.15, 0.2) is 18.2 Å². The number of benzene rings is 1. The Morgan fingerprint density at radius 2 is 1.90 bits per heavy atom. The molecule has 0 amide bonds. The lowest BCUT2D eigenvalue weighted by atomic mass is 10.1. The number of rotatable bonds is 8. The molecule has 0 unspecified atom stereocenters. The molecular weight excluding hydrogens is 250 g/mol. The van der Waals surface area contributed by atoms with Crippen LogP contribution >= 0.6 is 0 Å². The second-order valence-electron chi connectivity index (χ2n) is 5.80. The molecule has 0 aliphatic rings. The van der Waals surface area contributed by atoms with Gasteiger partial charge in [-0.1, -0.05) is 13.8 Å². The van der Waals surface area contributed by atoms with E-state index in [-0.39, 0.29) is 0 Å². The predicted octanol–water partition coefficient (Wildman–Crippen LogP) is 2.69. The minimum absolute atomic E-state index is 0.616. The Bertz CT molecular complexity index is 405. The molecule has 0 atom stereocenters. The van der Waals surface area contributed by atoms with Crippen LogP contribution in [-0.4, -0.2) is 45.2 Å². The number of hydrogen-bond donors (Lipinski definition) is 1. The van der Waals surface area contributed by atoms with Gasteiger partial charge in [0.1, 0.15) is 5.75 Å². The lowest BCUT2D eigenvalue weighted by molar-refractivity contribution is 0.342. The van der Waals surface area contributed by atoms with Gasteiger partial charge in [0, 0.05) is 31.4 Å². The maximum absolute atomic E-state index is 5.95. The molecule has 0 radical (unpaired) electrons. The van der Waals surface area contributed by atoms with Crippen molar-refractivity contribution in [2.75, 3.05) is 51.0 Å². The van der Waals surface area contributed by atoms with Gasteiger partial charge in [0.2, 0.25) is 0 Å². The van der Waals surface area contributed by atoms with Gasteiger partial charge < -0.3 is 20.3 Å². The number of hydrogen-bond acceptors (Lipinski definition) is 4. The number of nitrogens with zero attached hydrogens (tertiary/aromatic N) is 2. The van der Waals surface area contributed by atoms with E-state index < -0.39 is 0 Å². The van der Waals surface area contributed by atoms with Crippen molar-refractivity contribution >= 4 is 11.4 Å². The van der Waals surface area contributed by atoms with Gasteiger partial charge >= 0.3 is 0 Å². The summed E-state index contributed by atoms with van der Waals surface area (Å²) >= 11 is 0. The zero-order valence-electron chi connectivity index (χ0n) is 13.5. The molecular formula is C16H29N3O. The fraction of sp³-hybridized carbons (Fsp3) is 0.625. The summed E-state index contributed by atoms with van der Waals surface area (Å²) in [7, 11) is 4.20. The highest BCUT2D eigenvalue weighted by Gasteiger charge is 2.11. The molecule has 1 rings (SSSR count). The number of nitrogen functional groups attached to an aromatic ring is 1. The van der Waals surface area contributed by atoms with E-state index in [0.29, 0.717) is 18.2 Å². The maximum Gasteiger partial charge on any atom is 0.144 e. The van der Waals surface area contributed by atoms with Gasteiger partial charge in [-0.3, -0.25) is 0 Å². The first kappa shape index (κ1) is 16.6. The molecule has 0 aliphatic carbocycles. The smallest absolute Gasteiger partial charge is 0.144 e. The van der Waals surface area contributed by atoms with Gasteiger partial charge in [-0.15, -0.1) is 0 Å². The van der Waals surface area contributed by atoms with Gasteiger partial charge in [-0.25, -0.2) is 0 Å². The van der Waals surface area contributed by atoms with Crippen LogP contribution in [0.3, 0.4) is 0 Å². The molecule has 4 nitrogen and oxygen atoms in total. The van der Waals surface area contributed by atoms with Crippen molar-refractivity contribution in [1.82, 2.24) is 4.90 Å². The zero-order chi connectivity index (χ0) is 15.1. The van der Waals surface area contributed by atoms with E-state index in [4.69, 9.17) is 10.5 Å². The fourth-order valence-corrected chi connectivity index (χ4v) is 2.09. The Labute approximate surface area is 123 Å². The van der Waals surface area contributed by atoms with Gasteiger partial charge in [0.25, 0.3) is 0 Å². The van der Waals surface area contributed by atoms with E-state index in [1.54, 1.807) is 0 Å². The molecule has 2 N–H and O–H groups in total. The first-order valence-electron chi connectivity index (χ1n) is 7.36. The van der Waals surface area contributed by atoms with E-state index in [2.05, 4.69) is 49.9 Å². The molecule has 0 aliphatic heterocycles. The van der Waals surface area contributed by atoms with Crippen LogP contribution in [0.5, 0.6) is 5.75 Å². The molecule has 0 saturated carbocycles. The van der Waals surface area contributed by atoms with Crippen LogP contribution in [0.4, 0.5) is 11.4 Å². The number of ether oxygens (including phenoxy) is 1. The van der Waals surface area contributed by atoms with Crippen LogP contribution in [-0.2, 0) is 0 Å². The summed E-state index contributed by atoms with van der Waals surface area (Å²) in [6, 6.07) is 6.07. The first-order chi connectivity index (χ1) is 9.43. The lowest BCUT2D eigenvalue weighted by Crippen LogP contribution is -2.34. The molecule has 1 aromatic carbocycles. The van der Waals surface area contributed by atoms with Crippen LogP contribution in [0.2, 0.25) is 0 Å². The summed E-state index contributed by atoms with van der Waals surface area (Å²) in [5.74, 6) is 1.40. The second kappa shape index (κ2) is 8.00. The highest BCUT2D eigenvalue weighted by atomic mass is 16.5. The van der Waals surface area contributed by atoms with Crippen molar-refractivity contribution in [2.45, 2.75) is 20.8 Å². The second-order valence-corrected chi connectivity index (χ2v) is 5.80. The monoisotopic (exact) mass is 279 g/mol. The predicted molar refractivity (Wildman–Crippen MR) is 87.6 cm³/mol. The normalized spacial score (nSPS) is 11.2. The lowest BCUT2D eigenvalue weighted by Gasteiger charge is -2.28. The zero-order valence-corrected chi connectivity index (χ0v) is 13.5. The van der Waals surface area contributed by atoms with Crippen molar-refractivity contribution in [2.24, 2.45) is 5.92 Å². The summed E-state index contributed by atoms with van der Waals surface area (Å²) in [5, 5.41) is 0. The quantitative estimate of drug-likeness (QED) is 0.743. The summed E-state index contributed by atoms with van der Waals surface area (Å²) in [4.78, 5) is 4.60. The first-order valence-corrected chi connectivity index (χ1v) is 7.36. The van der Waals surface area contributed by atoms with Crippen molar-refractivity contribution in [1.29, 1.82) is 0 Å². The molecule has 1 aromatic rings. The molecule has 0 bridgehead atoms. The average molecular weight is 279 g/mol.